The highest BCUT2D eigenvalue weighted by Gasteiger charge is 2.21. The molecule has 0 unspecified atom stereocenters. The van der Waals surface area contributed by atoms with Gasteiger partial charge >= 0.3 is 0 Å². The lowest BCUT2D eigenvalue weighted by atomic mass is 10.1. The minimum Gasteiger partial charge on any atom is -0.493 e. The molecule has 3 aromatic rings. The Kier molecular flexibility index (Phi) is 6.49. The average molecular weight is 395 g/mol. The normalized spacial score (nSPS) is 10.8. The van der Waals surface area contributed by atoms with Crippen LogP contribution in [0.4, 0.5) is 0 Å². The van der Waals surface area contributed by atoms with Crippen LogP contribution < -0.4 is 9.47 Å². The SMILES string of the molecule is COc1ccc(-c2noc(CN(C(=O)Cc3ccccc3)C(C)C)n2)cc1OC. The van der Waals surface area contributed by atoms with Gasteiger partial charge in [0.15, 0.2) is 11.5 Å². The van der Waals surface area contributed by atoms with Gasteiger partial charge in [-0.3, -0.25) is 4.79 Å². The number of methoxy groups -OCH3 is 2. The summed E-state index contributed by atoms with van der Waals surface area (Å²) >= 11 is 0. The van der Waals surface area contributed by atoms with Crippen molar-refractivity contribution in [3.05, 3.63) is 60.0 Å². The van der Waals surface area contributed by atoms with Gasteiger partial charge in [0.1, 0.15) is 6.54 Å². The predicted octanol–water partition coefficient (Wildman–Crippen LogP) is 3.73. The topological polar surface area (TPSA) is 77.7 Å². The van der Waals surface area contributed by atoms with Gasteiger partial charge in [0.05, 0.1) is 20.6 Å². The Balaban J connectivity index is 1.75. The van der Waals surface area contributed by atoms with Gasteiger partial charge in [0, 0.05) is 11.6 Å². The van der Waals surface area contributed by atoms with Gasteiger partial charge in [-0.1, -0.05) is 35.5 Å². The molecule has 0 N–H and O–H groups in total. The number of benzene rings is 2. The van der Waals surface area contributed by atoms with Gasteiger partial charge in [0.2, 0.25) is 17.6 Å². The average Bonchev–Trinajstić information content (AvgIpc) is 3.20. The van der Waals surface area contributed by atoms with Crippen molar-refractivity contribution in [3.63, 3.8) is 0 Å². The molecule has 0 spiro atoms. The van der Waals surface area contributed by atoms with Crippen LogP contribution >= 0.6 is 0 Å². The first kappa shape index (κ1) is 20.4. The summed E-state index contributed by atoms with van der Waals surface area (Å²) in [6, 6.07) is 15.1. The van der Waals surface area contributed by atoms with Crippen LogP contribution in [0.1, 0.15) is 25.3 Å². The van der Waals surface area contributed by atoms with Crippen molar-refractivity contribution >= 4 is 5.91 Å². The second-order valence-corrected chi connectivity index (χ2v) is 6.86. The highest BCUT2D eigenvalue weighted by atomic mass is 16.5. The van der Waals surface area contributed by atoms with E-state index in [1.807, 2.05) is 50.2 Å². The Morgan fingerprint density at radius 3 is 2.45 bits per heavy atom. The third kappa shape index (κ3) is 4.93. The second-order valence-electron chi connectivity index (χ2n) is 6.86. The van der Waals surface area contributed by atoms with Crippen molar-refractivity contribution in [2.45, 2.75) is 32.9 Å². The third-order valence-electron chi connectivity index (χ3n) is 4.56. The van der Waals surface area contributed by atoms with E-state index < -0.39 is 0 Å². The van der Waals surface area contributed by atoms with Crippen molar-refractivity contribution in [2.24, 2.45) is 0 Å². The van der Waals surface area contributed by atoms with Crippen molar-refractivity contribution < 1.29 is 18.8 Å². The van der Waals surface area contributed by atoms with Gasteiger partial charge in [-0.2, -0.15) is 4.98 Å². The van der Waals surface area contributed by atoms with Crippen molar-refractivity contribution in [1.29, 1.82) is 0 Å². The zero-order valence-corrected chi connectivity index (χ0v) is 17.1. The van der Waals surface area contributed by atoms with Crippen LogP contribution in [0.25, 0.3) is 11.4 Å². The molecule has 3 rings (SSSR count). The zero-order chi connectivity index (χ0) is 20.8. The fourth-order valence-corrected chi connectivity index (χ4v) is 2.99. The molecule has 0 aliphatic carbocycles. The van der Waals surface area contributed by atoms with E-state index in [0.717, 1.165) is 11.1 Å². The fraction of sp³-hybridized carbons (Fsp3) is 0.318. The summed E-state index contributed by atoms with van der Waals surface area (Å²) in [4.78, 5) is 19.0. The number of nitrogens with zero attached hydrogens (tertiary/aromatic N) is 3. The molecule has 0 aliphatic heterocycles. The number of aromatic nitrogens is 2. The molecule has 1 amide bonds. The van der Waals surface area contributed by atoms with Gasteiger partial charge in [-0.25, -0.2) is 0 Å². The summed E-state index contributed by atoms with van der Waals surface area (Å²) in [7, 11) is 3.15. The maximum atomic E-state index is 12.8. The molecule has 7 nitrogen and oxygen atoms in total. The Labute approximate surface area is 170 Å². The third-order valence-corrected chi connectivity index (χ3v) is 4.56. The molecule has 0 radical (unpaired) electrons. The highest BCUT2D eigenvalue weighted by Crippen LogP contribution is 2.31. The molecule has 2 aromatic carbocycles. The molecule has 0 saturated carbocycles. The number of carbonyl (C=O) groups is 1. The highest BCUT2D eigenvalue weighted by molar-refractivity contribution is 5.79. The van der Waals surface area contributed by atoms with Gasteiger partial charge in [-0.15, -0.1) is 0 Å². The zero-order valence-electron chi connectivity index (χ0n) is 17.1. The summed E-state index contributed by atoms with van der Waals surface area (Å²) in [6.07, 6.45) is 0.329. The lowest BCUT2D eigenvalue weighted by Crippen LogP contribution is -2.37. The van der Waals surface area contributed by atoms with Crippen LogP contribution in [-0.2, 0) is 17.8 Å². The minimum absolute atomic E-state index is 0.00245. The first-order valence-electron chi connectivity index (χ1n) is 9.40. The molecule has 0 atom stereocenters. The van der Waals surface area contributed by atoms with Gasteiger partial charge < -0.3 is 18.9 Å². The summed E-state index contributed by atoms with van der Waals surface area (Å²) < 4.78 is 16.0. The maximum Gasteiger partial charge on any atom is 0.246 e. The minimum atomic E-state index is 0.00245. The van der Waals surface area contributed by atoms with E-state index in [1.54, 1.807) is 31.3 Å². The smallest absolute Gasteiger partial charge is 0.246 e. The lowest BCUT2D eigenvalue weighted by molar-refractivity contribution is -0.133. The molecule has 1 aromatic heterocycles. The van der Waals surface area contributed by atoms with Crippen LogP contribution in [0.2, 0.25) is 0 Å². The molecule has 152 valence electrons. The quantitative estimate of drug-likeness (QED) is 0.578. The van der Waals surface area contributed by atoms with Crippen LogP contribution in [0.5, 0.6) is 11.5 Å². The number of hydrogen-bond donors (Lipinski definition) is 0. The lowest BCUT2D eigenvalue weighted by Gasteiger charge is -2.25. The first-order valence-corrected chi connectivity index (χ1v) is 9.40. The van der Waals surface area contributed by atoms with Gasteiger partial charge in [0.25, 0.3) is 0 Å². The molecule has 0 bridgehead atoms. The van der Waals surface area contributed by atoms with E-state index in [4.69, 9.17) is 14.0 Å². The molecule has 29 heavy (non-hydrogen) atoms. The summed E-state index contributed by atoms with van der Waals surface area (Å²) in [5.74, 6) is 2.03. The number of ether oxygens (including phenoxy) is 2. The van der Waals surface area contributed by atoms with Crippen LogP contribution in [0.15, 0.2) is 53.1 Å². The number of carbonyl (C=O) groups excluding carboxylic acids is 1. The Morgan fingerprint density at radius 2 is 1.79 bits per heavy atom. The van der Waals surface area contributed by atoms with Crippen molar-refractivity contribution in [1.82, 2.24) is 15.0 Å². The van der Waals surface area contributed by atoms with Crippen LogP contribution in [0.3, 0.4) is 0 Å². The molecular formula is C22H25N3O4. The second kappa shape index (κ2) is 9.23. The van der Waals surface area contributed by atoms with E-state index in [1.165, 1.54) is 0 Å². The van der Waals surface area contributed by atoms with E-state index in [-0.39, 0.29) is 18.5 Å². The Morgan fingerprint density at radius 1 is 1.07 bits per heavy atom. The largest absolute Gasteiger partial charge is 0.493 e. The molecule has 1 heterocycles. The summed E-state index contributed by atoms with van der Waals surface area (Å²) in [5.41, 5.74) is 1.71. The number of hydrogen-bond acceptors (Lipinski definition) is 6. The summed E-state index contributed by atoms with van der Waals surface area (Å²) in [5, 5.41) is 4.05. The van der Waals surface area contributed by atoms with Crippen LogP contribution in [-0.4, -0.2) is 41.2 Å². The predicted molar refractivity (Wildman–Crippen MR) is 109 cm³/mol. The Hall–Kier alpha value is -3.35. The van der Waals surface area contributed by atoms with E-state index >= 15 is 0 Å². The standard InChI is InChI=1S/C22H25N3O4/c1-15(2)25(21(26)12-16-8-6-5-7-9-16)14-20-23-22(24-29-20)17-10-11-18(27-3)19(13-17)28-4/h5-11,13,15H,12,14H2,1-4H3. The molecule has 0 saturated heterocycles. The van der Waals surface area contributed by atoms with Crippen molar-refractivity contribution in [2.75, 3.05) is 14.2 Å². The van der Waals surface area contributed by atoms with E-state index in [0.29, 0.717) is 29.6 Å². The van der Waals surface area contributed by atoms with Crippen LogP contribution in [0, 0.1) is 0 Å². The number of amides is 1. The van der Waals surface area contributed by atoms with E-state index in [2.05, 4.69) is 10.1 Å². The molecule has 0 aliphatic rings. The van der Waals surface area contributed by atoms with Crippen molar-refractivity contribution in [3.8, 4) is 22.9 Å². The number of rotatable bonds is 8. The first-order chi connectivity index (χ1) is 14.0. The maximum absolute atomic E-state index is 12.8. The monoisotopic (exact) mass is 395 g/mol. The fourth-order valence-electron chi connectivity index (χ4n) is 2.99. The summed E-state index contributed by atoms with van der Waals surface area (Å²) in [6.45, 7) is 4.19. The van der Waals surface area contributed by atoms with Gasteiger partial charge in [-0.05, 0) is 37.6 Å². The molecule has 0 fully saturated rings. The molecule has 7 heteroatoms. The molecular weight excluding hydrogens is 370 g/mol. The Bertz CT molecular complexity index is 954. The van der Waals surface area contributed by atoms with E-state index in [9.17, 15) is 4.79 Å².